The normalized spacial score (nSPS) is 15.5. The van der Waals surface area contributed by atoms with Gasteiger partial charge in [-0.15, -0.1) is 0 Å². The molecular formula is C20H33N5O2. The topological polar surface area (TPSA) is 92.0 Å². The van der Waals surface area contributed by atoms with Crippen molar-refractivity contribution in [2.24, 2.45) is 10.7 Å². The lowest BCUT2D eigenvalue weighted by Crippen LogP contribution is -2.50. The van der Waals surface area contributed by atoms with Crippen LogP contribution in [0.15, 0.2) is 29.3 Å². The number of urea groups is 1. The minimum Gasteiger partial charge on any atom is -0.494 e. The molecule has 0 saturated carbocycles. The van der Waals surface area contributed by atoms with Gasteiger partial charge in [-0.25, -0.2) is 4.79 Å². The molecule has 0 bridgehead atoms. The van der Waals surface area contributed by atoms with Gasteiger partial charge in [0.05, 0.1) is 6.61 Å². The number of piperidine rings is 1. The minimum atomic E-state index is -0.334. The largest absolute Gasteiger partial charge is 0.494 e. The predicted molar refractivity (Wildman–Crippen MR) is 109 cm³/mol. The molecule has 1 aromatic carbocycles. The average Bonchev–Trinajstić information content (AvgIpc) is 2.67. The van der Waals surface area contributed by atoms with Gasteiger partial charge in [0.1, 0.15) is 5.75 Å². The Labute approximate surface area is 162 Å². The number of benzene rings is 1. The molecule has 0 spiro atoms. The van der Waals surface area contributed by atoms with Gasteiger partial charge in [-0.2, -0.15) is 0 Å². The summed E-state index contributed by atoms with van der Waals surface area (Å²) in [4.78, 5) is 17.6. The Balaban J connectivity index is 1.84. The first-order valence-corrected chi connectivity index (χ1v) is 9.93. The molecule has 4 N–H and O–H groups in total. The van der Waals surface area contributed by atoms with Gasteiger partial charge in [0.2, 0.25) is 0 Å². The van der Waals surface area contributed by atoms with Crippen LogP contribution in [0, 0.1) is 0 Å². The summed E-state index contributed by atoms with van der Waals surface area (Å²) in [6.07, 6.45) is 3.62. The molecule has 27 heavy (non-hydrogen) atoms. The summed E-state index contributed by atoms with van der Waals surface area (Å²) in [5.41, 5.74) is 6.56. The first-order chi connectivity index (χ1) is 13.1. The second-order valence-corrected chi connectivity index (χ2v) is 6.75. The molecule has 1 aromatic rings. The molecule has 1 aliphatic rings. The van der Waals surface area contributed by atoms with E-state index in [0.29, 0.717) is 25.7 Å². The van der Waals surface area contributed by atoms with E-state index < -0.39 is 0 Å². The fourth-order valence-electron chi connectivity index (χ4n) is 3.07. The Hall–Kier alpha value is -2.44. The first kappa shape index (κ1) is 20.9. The number of hydrogen-bond acceptors (Lipinski definition) is 3. The number of guanidine groups is 1. The highest BCUT2D eigenvalue weighted by atomic mass is 16.5. The lowest BCUT2D eigenvalue weighted by atomic mass is 10.1. The standard InChI is InChI=1S/C20H33N5O2/c1-3-14-27-18-7-5-6-16(15-18)8-11-23-20(22-4-2)24-17-9-12-25(13-10-17)19(21)26/h5-7,15,17H,3-4,8-14H2,1-2H3,(H2,21,26)(H2,22,23,24). The van der Waals surface area contributed by atoms with Crippen molar-refractivity contribution in [1.82, 2.24) is 15.5 Å². The van der Waals surface area contributed by atoms with Crippen LogP contribution < -0.4 is 21.1 Å². The number of hydrogen-bond donors (Lipinski definition) is 3. The molecule has 0 aliphatic carbocycles. The predicted octanol–water partition coefficient (Wildman–Crippen LogP) is 2.12. The fourth-order valence-corrected chi connectivity index (χ4v) is 3.07. The van der Waals surface area contributed by atoms with Crippen LogP contribution in [0.3, 0.4) is 0 Å². The molecule has 0 unspecified atom stereocenters. The van der Waals surface area contributed by atoms with Crippen molar-refractivity contribution >= 4 is 12.0 Å². The molecule has 150 valence electrons. The molecule has 1 heterocycles. The van der Waals surface area contributed by atoms with Gasteiger partial charge in [-0.3, -0.25) is 4.99 Å². The van der Waals surface area contributed by atoms with E-state index in [4.69, 9.17) is 15.5 Å². The number of amides is 2. The van der Waals surface area contributed by atoms with Gasteiger partial charge in [-0.1, -0.05) is 19.1 Å². The molecule has 0 aromatic heterocycles. The Morgan fingerprint density at radius 2 is 2.11 bits per heavy atom. The molecule has 1 saturated heterocycles. The van der Waals surface area contributed by atoms with Crippen molar-refractivity contribution in [2.75, 3.05) is 32.8 Å². The third kappa shape index (κ3) is 7.37. The van der Waals surface area contributed by atoms with E-state index in [2.05, 4.69) is 36.6 Å². The summed E-state index contributed by atoms with van der Waals surface area (Å²) in [6, 6.07) is 8.19. The van der Waals surface area contributed by atoms with Crippen LogP contribution in [-0.2, 0) is 6.42 Å². The Morgan fingerprint density at radius 3 is 2.78 bits per heavy atom. The summed E-state index contributed by atoms with van der Waals surface area (Å²) >= 11 is 0. The summed E-state index contributed by atoms with van der Waals surface area (Å²) in [7, 11) is 0. The molecule has 2 amide bonds. The molecule has 2 rings (SSSR count). The van der Waals surface area contributed by atoms with Gasteiger partial charge in [0.25, 0.3) is 0 Å². The zero-order valence-electron chi connectivity index (χ0n) is 16.5. The third-order valence-electron chi connectivity index (χ3n) is 4.53. The molecule has 1 aliphatic heterocycles. The summed E-state index contributed by atoms with van der Waals surface area (Å²) in [5, 5.41) is 6.78. The van der Waals surface area contributed by atoms with Gasteiger partial charge < -0.3 is 26.0 Å². The number of carbonyl (C=O) groups is 1. The van der Waals surface area contributed by atoms with E-state index in [1.807, 2.05) is 12.1 Å². The van der Waals surface area contributed by atoms with Crippen LogP contribution in [0.4, 0.5) is 4.79 Å². The lowest BCUT2D eigenvalue weighted by molar-refractivity contribution is 0.188. The maximum Gasteiger partial charge on any atom is 0.314 e. The second kappa shape index (κ2) is 11.3. The first-order valence-electron chi connectivity index (χ1n) is 9.93. The zero-order valence-corrected chi connectivity index (χ0v) is 16.5. The highest BCUT2D eigenvalue weighted by Gasteiger charge is 2.21. The van der Waals surface area contributed by atoms with E-state index in [1.165, 1.54) is 5.56 Å². The number of nitrogens with two attached hydrogens (primary N) is 1. The van der Waals surface area contributed by atoms with E-state index in [9.17, 15) is 4.79 Å². The minimum absolute atomic E-state index is 0.309. The van der Waals surface area contributed by atoms with Crippen LogP contribution in [0.1, 0.15) is 38.7 Å². The Morgan fingerprint density at radius 1 is 1.33 bits per heavy atom. The van der Waals surface area contributed by atoms with Gasteiger partial charge in [-0.05, 0) is 50.3 Å². The van der Waals surface area contributed by atoms with Gasteiger partial charge >= 0.3 is 6.03 Å². The number of nitrogens with zero attached hydrogens (tertiary/aromatic N) is 2. The van der Waals surface area contributed by atoms with Crippen molar-refractivity contribution in [3.05, 3.63) is 29.8 Å². The summed E-state index contributed by atoms with van der Waals surface area (Å²) < 4.78 is 5.69. The highest BCUT2D eigenvalue weighted by molar-refractivity contribution is 5.80. The maximum atomic E-state index is 11.2. The molecular weight excluding hydrogens is 342 g/mol. The van der Waals surface area contributed by atoms with E-state index >= 15 is 0 Å². The molecule has 0 atom stereocenters. The Kier molecular flexibility index (Phi) is 8.74. The van der Waals surface area contributed by atoms with Crippen molar-refractivity contribution in [3.63, 3.8) is 0 Å². The van der Waals surface area contributed by atoms with Crippen LogP contribution in [0.2, 0.25) is 0 Å². The number of rotatable bonds is 8. The fraction of sp³-hybridized carbons (Fsp3) is 0.600. The van der Waals surface area contributed by atoms with Crippen LogP contribution in [-0.4, -0.2) is 55.7 Å². The van der Waals surface area contributed by atoms with Crippen LogP contribution in [0.25, 0.3) is 0 Å². The van der Waals surface area contributed by atoms with E-state index in [-0.39, 0.29) is 6.03 Å². The molecule has 7 nitrogen and oxygen atoms in total. The maximum absolute atomic E-state index is 11.2. The lowest BCUT2D eigenvalue weighted by Gasteiger charge is -2.32. The number of nitrogens with one attached hydrogen (secondary N) is 2. The number of aliphatic imine (C=N–C) groups is 1. The average molecular weight is 376 g/mol. The molecule has 1 fully saturated rings. The van der Waals surface area contributed by atoms with Crippen molar-refractivity contribution < 1.29 is 9.53 Å². The second-order valence-electron chi connectivity index (χ2n) is 6.75. The van der Waals surface area contributed by atoms with E-state index in [0.717, 1.165) is 50.5 Å². The van der Waals surface area contributed by atoms with Gasteiger partial charge in [0.15, 0.2) is 5.96 Å². The van der Waals surface area contributed by atoms with Crippen LogP contribution in [0.5, 0.6) is 5.75 Å². The van der Waals surface area contributed by atoms with Crippen molar-refractivity contribution in [2.45, 2.75) is 45.6 Å². The number of carbonyl (C=O) groups excluding carboxylic acids is 1. The quantitative estimate of drug-likeness (QED) is 0.479. The number of likely N-dealkylation sites (tertiary alicyclic amines) is 1. The Bertz CT molecular complexity index is 612. The van der Waals surface area contributed by atoms with Crippen molar-refractivity contribution in [3.8, 4) is 5.75 Å². The smallest absolute Gasteiger partial charge is 0.314 e. The number of ether oxygens (including phenoxy) is 1. The number of primary amides is 1. The monoisotopic (exact) mass is 375 g/mol. The zero-order chi connectivity index (χ0) is 19.5. The van der Waals surface area contributed by atoms with Crippen LogP contribution >= 0.6 is 0 Å². The molecule has 0 radical (unpaired) electrons. The van der Waals surface area contributed by atoms with E-state index in [1.54, 1.807) is 4.90 Å². The summed E-state index contributed by atoms with van der Waals surface area (Å²) in [6.45, 7) is 7.80. The third-order valence-corrected chi connectivity index (χ3v) is 4.53. The highest BCUT2D eigenvalue weighted by Crippen LogP contribution is 2.14. The molecule has 7 heteroatoms. The summed E-state index contributed by atoms with van der Waals surface area (Å²) in [5.74, 6) is 1.75. The SMILES string of the molecule is CCCOc1cccc(CCN=C(NCC)NC2CCN(C(N)=O)CC2)c1. The van der Waals surface area contributed by atoms with Crippen molar-refractivity contribution in [1.29, 1.82) is 0 Å². The van der Waals surface area contributed by atoms with Gasteiger partial charge in [0, 0.05) is 32.2 Å².